The SMILES string of the molecule is CCOC(=O)C1=CN(C(=O)c2ccc(F)cc2)CC(C)(C)c2c1[nH]c1ccc(OC(=O)N(C)c3cccs3)cc21. The van der Waals surface area contributed by atoms with Crippen molar-refractivity contribution in [2.24, 2.45) is 0 Å². The summed E-state index contributed by atoms with van der Waals surface area (Å²) in [4.78, 5) is 45.7. The van der Waals surface area contributed by atoms with Crippen LogP contribution in [0.4, 0.5) is 14.2 Å². The molecule has 0 fully saturated rings. The van der Waals surface area contributed by atoms with Gasteiger partial charge in [-0.2, -0.15) is 0 Å². The Hall–Kier alpha value is -4.44. The number of benzene rings is 2. The molecule has 0 unspecified atom stereocenters. The summed E-state index contributed by atoms with van der Waals surface area (Å²) < 4.78 is 24.6. The van der Waals surface area contributed by atoms with Gasteiger partial charge in [-0.1, -0.05) is 13.8 Å². The second-order valence-electron chi connectivity index (χ2n) is 10.0. The molecule has 2 amide bonds. The first-order valence-electron chi connectivity index (χ1n) is 12.7. The van der Waals surface area contributed by atoms with Crippen LogP contribution in [0.1, 0.15) is 42.4 Å². The standard InChI is InChI=1S/C30H28FN3O5S/c1-5-38-28(36)22-16-34(27(35)18-8-10-19(31)11-9-18)17-30(2,3)25-21-15-20(12-13-23(21)32-26(22)25)39-29(37)33(4)24-7-6-14-40-24/h6-16,32H,5,17H2,1-4H3. The van der Waals surface area contributed by atoms with Gasteiger partial charge in [0.25, 0.3) is 5.91 Å². The molecule has 0 saturated heterocycles. The van der Waals surface area contributed by atoms with Crippen LogP contribution in [0.25, 0.3) is 16.5 Å². The van der Waals surface area contributed by atoms with E-state index >= 15 is 0 Å². The topological polar surface area (TPSA) is 91.9 Å². The van der Waals surface area contributed by atoms with E-state index in [1.807, 2.05) is 31.4 Å². The zero-order chi connectivity index (χ0) is 28.6. The molecule has 0 aliphatic carbocycles. The number of aromatic nitrogens is 1. The van der Waals surface area contributed by atoms with Crippen molar-refractivity contribution < 1.29 is 28.2 Å². The lowest BCUT2D eigenvalue weighted by Crippen LogP contribution is -2.37. The molecule has 8 nitrogen and oxygen atoms in total. The Kier molecular flexibility index (Phi) is 7.20. The molecule has 0 atom stereocenters. The third-order valence-electron chi connectivity index (χ3n) is 6.73. The number of aromatic amines is 1. The molecule has 0 radical (unpaired) electrons. The predicted molar refractivity (Wildman–Crippen MR) is 152 cm³/mol. The largest absolute Gasteiger partial charge is 0.462 e. The maximum Gasteiger partial charge on any atom is 0.420 e. The number of anilines is 1. The Balaban J connectivity index is 1.57. The van der Waals surface area contributed by atoms with Crippen molar-refractivity contribution >= 4 is 50.8 Å². The normalized spacial score (nSPS) is 14.2. The summed E-state index contributed by atoms with van der Waals surface area (Å²) in [6, 6.07) is 14.2. The van der Waals surface area contributed by atoms with Crippen molar-refractivity contribution in [2.45, 2.75) is 26.2 Å². The van der Waals surface area contributed by atoms with Crippen LogP contribution in [-0.4, -0.2) is 48.1 Å². The highest BCUT2D eigenvalue weighted by molar-refractivity contribution is 7.14. The number of carbonyl (C=O) groups excluding carboxylic acids is 3. The van der Waals surface area contributed by atoms with Crippen molar-refractivity contribution in [3.63, 3.8) is 0 Å². The molecule has 1 aliphatic rings. The Labute approximate surface area is 234 Å². The number of rotatable bonds is 5. The fourth-order valence-corrected chi connectivity index (χ4v) is 5.57. The van der Waals surface area contributed by atoms with E-state index in [1.165, 1.54) is 51.6 Å². The third-order valence-corrected chi connectivity index (χ3v) is 7.67. The summed E-state index contributed by atoms with van der Waals surface area (Å²) in [5.74, 6) is -1.08. The van der Waals surface area contributed by atoms with Gasteiger partial charge in [-0.25, -0.2) is 14.0 Å². The zero-order valence-corrected chi connectivity index (χ0v) is 23.3. The van der Waals surface area contributed by atoms with Crippen molar-refractivity contribution in [3.8, 4) is 5.75 Å². The van der Waals surface area contributed by atoms with Crippen molar-refractivity contribution in [1.29, 1.82) is 0 Å². The van der Waals surface area contributed by atoms with E-state index in [0.717, 1.165) is 21.5 Å². The molecule has 40 heavy (non-hydrogen) atoms. The molecule has 2 aromatic heterocycles. The minimum atomic E-state index is -0.662. The summed E-state index contributed by atoms with van der Waals surface area (Å²) in [7, 11) is 1.64. The number of esters is 1. The number of hydrogen-bond donors (Lipinski definition) is 1. The monoisotopic (exact) mass is 561 g/mol. The molecule has 0 spiro atoms. The fourth-order valence-electron chi connectivity index (χ4n) is 4.88. The van der Waals surface area contributed by atoms with Crippen LogP contribution < -0.4 is 9.64 Å². The highest BCUT2D eigenvalue weighted by Crippen LogP contribution is 2.41. The molecule has 2 aromatic carbocycles. The number of amides is 2. The van der Waals surface area contributed by atoms with Gasteiger partial charge in [-0.05, 0) is 72.5 Å². The summed E-state index contributed by atoms with van der Waals surface area (Å²) in [5, 5.41) is 3.37. The van der Waals surface area contributed by atoms with Crippen LogP contribution in [-0.2, 0) is 14.9 Å². The van der Waals surface area contributed by atoms with Gasteiger partial charge < -0.3 is 19.4 Å². The number of halogens is 1. The van der Waals surface area contributed by atoms with E-state index in [-0.39, 0.29) is 30.2 Å². The number of ether oxygens (including phenoxy) is 2. The number of H-pyrrole nitrogens is 1. The van der Waals surface area contributed by atoms with Crippen LogP contribution in [0.2, 0.25) is 0 Å². The fraction of sp³-hybridized carbons (Fsp3) is 0.233. The third kappa shape index (κ3) is 5.10. The molecule has 0 bridgehead atoms. The molecule has 10 heteroatoms. The number of nitrogens with zero attached hydrogens (tertiary/aromatic N) is 2. The van der Waals surface area contributed by atoms with Crippen LogP contribution in [0.15, 0.2) is 66.2 Å². The molecule has 1 N–H and O–H groups in total. The van der Waals surface area contributed by atoms with E-state index in [1.54, 1.807) is 32.2 Å². The van der Waals surface area contributed by atoms with E-state index in [2.05, 4.69) is 4.98 Å². The van der Waals surface area contributed by atoms with E-state index in [9.17, 15) is 18.8 Å². The van der Waals surface area contributed by atoms with Crippen molar-refractivity contribution in [2.75, 3.05) is 25.1 Å². The summed E-state index contributed by atoms with van der Waals surface area (Å²) >= 11 is 1.42. The van der Waals surface area contributed by atoms with Crippen LogP contribution in [0, 0.1) is 5.82 Å². The smallest absolute Gasteiger partial charge is 0.420 e. The molecule has 206 valence electrons. The molecular weight excluding hydrogens is 533 g/mol. The lowest BCUT2D eigenvalue weighted by Gasteiger charge is -2.29. The van der Waals surface area contributed by atoms with Gasteiger partial charge >= 0.3 is 12.1 Å². The van der Waals surface area contributed by atoms with Gasteiger partial charge in [-0.15, -0.1) is 11.3 Å². The molecule has 3 heterocycles. The van der Waals surface area contributed by atoms with Gasteiger partial charge in [0.05, 0.1) is 17.9 Å². The first kappa shape index (κ1) is 27.1. The molecule has 0 saturated carbocycles. The number of nitrogens with one attached hydrogen (secondary N) is 1. The minimum Gasteiger partial charge on any atom is -0.462 e. The number of carbonyl (C=O) groups is 3. The highest BCUT2D eigenvalue weighted by atomic mass is 32.1. The summed E-state index contributed by atoms with van der Waals surface area (Å²) in [5.41, 5.74) is 1.84. The lowest BCUT2D eigenvalue weighted by atomic mass is 9.81. The van der Waals surface area contributed by atoms with Crippen molar-refractivity contribution in [3.05, 3.63) is 88.8 Å². The number of fused-ring (bicyclic) bond motifs is 3. The average Bonchev–Trinajstić information content (AvgIpc) is 3.57. The Bertz CT molecular complexity index is 1620. The van der Waals surface area contributed by atoms with E-state index in [0.29, 0.717) is 11.4 Å². The van der Waals surface area contributed by atoms with Gasteiger partial charge in [-0.3, -0.25) is 9.69 Å². The second kappa shape index (κ2) is 10.6. The second-order valence-corrected chi connectivity index (χ2v) is 11.0. The van der Waals surface area contributed by atoms with Gasteiger partial charge in [0.15, 0.2) is 0 Å². The van der Waals surface area contributed by atoms with Crippen LogP contribution in [0.5, 0.6) is 5.75 Å². The maximum absolute atomic E-state index is 13.5. The quantitative estimate of drug-likeness (QED) is 0.287. The van der Waals surface area contributed by atoms with Crippen LogP contribution >= 0.6 is 11.3 Å². The lowest BCUT2D eigenvalue weighted by molar-refractivity contribution is -0.136. The minimum absolute atomic E-state index is 0.152. The average molecular weight is 562 g/mol. The van der Waals surface area contributed by atoms with Crippen molar-refractivity contribution in [1.82, 2.24) is 9.88 Å². The molecule has 4 aromatic rings. The molecular formula is C30H28FN3O5S. The summed E-state index contributed by atoms with van der Waals surface area (Å²) in [6.45, 7) is 6.01. The maximum atomic E-state index is 13.5. The summed E-state index contributed by atoms with van der Waals surface area (Å²) in [6.07, 6.45) is 0.953. The van der Waals surface area contributed by atoms with E-state index in [4.69, 9.17) is 9.47 Å². The zero-order valence-electron chi connectivity index (χ0n) is 22.5. The van der Waals surface area contributed by atoms with Gasteiger partial charge in [0.2, 0.25) is 0 Å². The predicted octanol–water partition coefficient (Wildman–Crippen LogP) is 6.34. The highest BCUT2D eigenvalue weighted by Gasteiger charge is 2.37. The van der Waals surface area contributed by atoms with Gasteiger partial charge in [0.1, 0.15) is 16.6 Å². The Morgan fingerprint density at radius 2 is 1.88 bits per heavy atom. The Morgan fingerprint density at radius 1 is 1.12 bits per heavy atom. The molecule has 5 rings (SSSR count). The number of hydrogen-bond acceptors (Lipinski definition) is 6. The first-order chi connectivity index (χ1) is 19.1. The van der Waals surface area contributed by atoms with Crippen LogP contribution in [0.3, 0.4) is 0 Å². The number of thiophene rings is 1. The first-order valence-corrected chi connectivity index (χ1v) is 13.6. The Morgan fingerprint density at radius 3 is 2.55 bits per heavy atom. The van der Waals surface area contributed by atoms with E-state index < -0.39 is 23.3 Å². The molecule has 1 aliphatic heterocycles. The van der Waals surface area contributed by atoms with Gasteiger partial charge in [0, 0.05) is 41.7 Å².